The van der Waals surface area contributed by atoms with E-state index in [1.807, 2.05) is 11.3 Å². The lowest BCUT2D eigenvalue weighted by Gasteiger charge is -2.38. The molecule has 0 saturated carbocycles. The maximum atomic E-state index is 6.00. The Hall–Kier alpha value is -0.420. The van der Waals surface area contributed by atoms with Crippen LogP contribution in [0.4, 0.5) is 0 Å². The van der Waals surface area contributed by atoms with Gasteiger partial charge < -0.3 is 14.8 Å². The zero-order valence-electron chi connectivity index (χ0n) is 11.6. The second kappa shape index (κ2) is 5.92. The molecule has 1 aromatic rings. The number of thiophene rings is 1. The minimum Gasteiger partial charge on any atom is -0.378 e. The van der Waals surface area contributed by atoms with Crippen LogP contribution in [0.3, 0.4) is 0 Å². The molecule has 3 unspecified atom stereocenters. The van der Waals surface area contributed by atoms with Crippen LogP contribution in [0.15, 0.2) is 17.5 Å². The van der Waals surface area contributed by atoms with Gasteiger partial charge in [-0.25, -0.2) is 0 Å². The van der Waals surface area contributed by atoms with E-state index in [0.717, 1.165) is 45.5 Å². The highest BCUT2D eigenvalue weighted by molar-refractivity contribution is 7.10. The van der Waals surface area contributed by atoms with E-state index in [-0.39, 0.29) is 5.60 Å². The maximum Gasteiger partial charge on any atom is 0.0951 e. The van der Waals surface area contributed by atoms with Crippen LogP contribution < -0.4 is 5.32 Å². The predicted octanol–water partition coefficient (Wildman–Crippen LogP) is 3.13. The molecule has 0 bridgehead atoms. The third kappa shape index (κ3) is 3.02. The second-order valence-corrected chi connectivity index (χ2v) is 6.65. The van der Waals surface area contributed by atoms with Gasteiger partial charge in [-0.3, -0.25) is 0 Å². The van der Waals surface area contributed by atoms with Crippen molar-refractivity contribution in [2.24, 2.45) is 0 Å². The molecule has 2 saturated heterocycles. The fourth-order valence-corrected chi connectivity index (χ4v) is 4.08. The van der Waals surface area contributed by atoms with Crippen LogP contribution >= 0.6 is 11.3 Å². The van der Waals surface area contributed by atoms with Crippen LogP contribution in [0.1, 0.15) is 43.5 Å². The molecule has 2 fully saturated rings. The minimum absolute atomic E-state index is 0.00363. The minimum atomic E-state index is 0.00363. The fraction of sp³-hybridized carbons (Fsp3) is 0.733. The normalized spacial score (nSPS) is 32.8. The molecule has 106 valence electrons. The van der Waals surface area contributed by atoms with Crippen LogP contribution in [0.5, 0.6) is 0 Å². The summed E-state index contributed by atoms with van der Waals surface area (Å²) in [6.07, 6.45) is 4.40. The predicted molar refractivity (Wildman–Crippen MR) is 77.6 cm³/mol. The van der Waals surface area contributed by atoms with E-state index in [4.69, 9.17) is 9.47 Å². The molecule has 0 aliphatic carbocycles. The van der Waals surface area contributed by atoms with E-state index < -0.39 is 0 Å². The van der Waals surface area contributed by atoms with Gasteiger partial charge in [0.2, 0.25) is 0 Å². The summed E-state index contributed by atoms with van der Waals surface area (Å²) in [5.41, 5.74) is 0.00363. The lowest BCUT2D eigenvalue weighted by Crippen LogP contribution is -2.48. The van der Waals surface area contributed by atoms with E-state index in [0.29, 0.717) is 12.1 Å². The molecule has 1 aromatic heterocycles. The van der Waals surface area contributed by atoms with Crippen LogP contribution in [0.25, 0.3) is 0 Å². The van der Waals surface area contributed by atoms with Crippen LogP contribution in [-0.4, -0.2) is 31.5 Å². The number of rotatable bonds is 4. The number of hydrogen-bond acceptors (Lipinski definition) is 4. The molecule has 3 rings (SSSR count). The van der Waals surface area contributed by atoms with Crippen molar-refractivity contribution in [1.82, 2.24) is 5.32 Å². The summed E-state index contributed by atoms with van der Waals surface area (Å²) in [6, 6.07) is 5.42. The van der Waals surface area contributed by atoms with Crippen molar-refractivity contribution in [2.75, 3.05) is 19.8 Å². The highest BCUT2D eigenvalue weighted by atomic mass is 32.1. The van der Waals surface area contributed by atoms with Crippen LogP contribution in [0.2, 0.25) is 0 Å². The first-order chi connectivity index (χ1) is 9.31. The van der Waals surface area contributed by atoms with E-state index in [9.17, 15) is 0 Å². The lowest BCUT2D eigenvalue weighted by atomic mass is 9.89. The van der Waals surface area contributed by atoms with Gasteiger partial charge in [0.15, 0.2) is 0 Å². The van der Waals surface area contributed by atoms with Gasteiger partial charge in [0.05, 0.1) is 12.2 Å². The fourth-order valence-electron chi connectivity index (χ4n) is 3.21. The third-order valence-corrected chi connectivity index (χ3v) is 5.28. The zero-order chi connectivity index (χ0) is 13.1. The molecule has 2 aliphatic rings. The van der Waals surface area contributed by atoms with E-state index in [1.54, 1.807) is 0 Å². The summed E-state index contributed by atoms with van der Waals surface area (Å²) in [7, 11) is 0. The largest absolute Gasteiger partial charge is 0.378 e. The summed E-state index contributed by atoms with van der Waals surface area (Å²) < 4.78 is 11.5. The maximum absolute atomic E-state index is 6.00. The van der Waals surface area contributed by atoms with Gasteiger partial charge in [0.25, 0.3) is 0 Å². The Morgan fingerprint density at radius 3 is 3.16 bits per heavy atom. The van der Waals surface area contributed by atoms with E-state index in [1.165, 1.54) is 4.88 Å². The quantitative estimate of drug-likeness (QED) is 0.920. The van der Waals surface area contributed by atoms with Crippen molar-refractivity contribution in [1.29, 1.82) is 0 Å². The number of nitrogens with one attached hydrogen (secondary N) is 1. The molecule has 3 atom stereocenters. The van der Waals surface area contributed by atoms with Gasteiger partial charge in [-0.1, -0.05) is 13.0 Å². The molecule has 3 heterocycles. The second-order valence-electron chi connectivity index (χ2n) is 5.67. The Bertz CT molecular complexity index is 387. The third-order valence-electron chi connectivity index (χ3n) is 4.29. The lowest BCUT2D eigenvalue weighted by molar-refractivity contribution is -0.0904. The summed E-state index contributed by atoms with van der Waals surface area (Å²) in [4.78, 5) is 1.45. The smallest absolute Gasteiger partial charge is 0.0951 e. The van der Waals surface area contributed by atoms with Crippen molar-refractivity contribution in [3.8, 4) is 0 Å². The zero-order valence-corrected chi connectivity index (χ0v) is 12.4. The average molecular weight is 281 g/mol. The highest BCUT2D eigenvalue weighted by Gasteiger charge is 2.41. The standard InChI is InChI=1S/C15H23NO2S/c1-2-13(14-4-3-9-19-14)16-12-5-7-18-15(10-12)6-8-17-11-15/h3-4,9,12-13,16H,2,5-8,10-11H2,1H3. The van der Waals surface area contributed by atoms with Gasteiger partial charge in [0.1, 0.15) is 0 Å². The van der Waals surface area contributed by atoms with Crippen LogP contribution in [-0.2, 0) is 9.47 Å². The van der Waals surface area contributed by atoms with E-state index >= 15 is 0 Å². The topological polar surface area (TPSA) is 30.5 Å². The average Bonchev–Trinajstić information content (AvgIpc) is 3.08. The van der Waals surface area contributed by atoms with Gasteiger partial charge in [-0.2, -0.15) is 0 Å². The van der Waals surface area contributed by atoms with Crippen molar-refractivity contribution >= 4 is 11.3 Å². The van der Waals surface area contributed by atoms with Gasteiger partial charge in [-0.15, -0.1) is 11.3 Å². The summed E-state index contributed by atoms with van der Waals surface area (Å²) >= 11 is 1.85. The molecule has 1 N–H and O–H groups in total. The van der Waals surface area contributed by atoms with Crippen molar-refractivity contribution in [3.05, 3.63) is 22.4 Å². The molecular weight excluding hydrogens is 258 g/mol. The van der Waals surface area contributed by atoms with Crippen molar-refractivity contribution in [3.63, 3.8) is 0 Å². The first-order valence-corrected chi connectivity index (χ1v) is 8.20. The van der Waals surface area contributed by atoms with Gasteiger partial charge in [0, 0.05) is 36.6 Å². The molecular formula is C15H23NO2S. The molecule has 3 nitrogen and oxygen atoms in total. The molecule has 1 spiro atoms. The first kappa shape index (κ1) is 13.6. The van der Waals surface area contributed by atoms with Crippen molar-refractivity contribution < 1.29 is 9.47 Å². The molecule has 4 heteroatoms. The molecule has 19 heavy (non-hydrogen) atoms. The summed E-state index contributed by atoms with van der Waals surface area (Å²) in [5, 5.41) is 6.00. The summed E-state index contributed by atoms with van der Waals surface area (Å²) in [6.45, 7) is 4.75. The monoisotopic (exact) mass is 281 g/mol. The highest BCUT2D eigenvalue weighted by Crippen LogP contribution is 2.34. The van der Waals surface area contributed by atoms with E-state index in [2.05, 4.69) is 29.8 Å². The first-order valence-electron chi connectivity index (χ1n) is 7.32. The summed E-state index contributed by atoms with van der Waals surface area (Å²) in [5.74, 6) is 0. The number of hydrogen-bond donors (Lipinski definition) is 1. The van der Waals surface area contributed by atoms with Crippen LogP contribution in [0, 0.1) is 0 Å². The SMILES string of the molecule is CCC(NC1CCOC2(CCOC2)C1)c1cccs1. The van der Waals surface area contributed by atoms with Gasteiger partial charge >= 0.3 is 0 Å². The molecule has 0 amide bonds. The Balaban J connectivity index is 1.62. The Kier molecular flexibility index (Phi) is 4.22. The Morgan fingerprint density at radius 2 is 2.47 bits per heavy atom. The Labute approximate surface area is 119 Å². The van der Waals surface area contributed by atoms with Crippen molar-refractivity contribution in [2.45, 2.75) is 50.3 Å². The van der Waals surface area contributed by atoms with Gasteiger partial charge in [-0.05, 0) is 30.7 Å². The molecule has 0 radical (unpaired) electrons. The Morgan fingerprint density at radius 1 is 1.53 bits per heavy atom. The molecule has 2 aliphatic heterocycles. The molecule has 0 aromatic carbocycles. The number of ether oxygens (including phenoxy) is 2.